The topological polar surface area (TPSA) is 79.3 Å². The molecule has 24 heavy (non-hydrogen) atoms. The number of nitrogens with zero attached hydrogens (tertiary/aromatic N) is 2. The molecule has 0 saturated carbocycles. The van der Waals surface area contributed by atoms with E-state index in [1.54, 1.807) is 16.8 Å². The average Bonchev–Trinajstić information content (AvgIpc) is 3.10. The summed E-state index contributed by atoms with van der Waals surface area (Å²) in [4.78, 5) is 25.4. The smallest absolute Gasteiger partial charge is 0.222 e. The zero-order valence-corrected chi connectivity index (χ0v) is 14.8. The fraction of sp³-hybridized carbons (Fsp3) is 0.882. The number of hydrogen-bond donors (Lipinski definition) is 1. The summed E-state index contributed by atoms with van der Waals surface area (Å²) in [6, 6.07) is 0.334. The van der Waals surface area contributed by atoms with Crippen molar-refractivity contribution in [3.05, 3.63) is 0 Å². The summed E-state index contributed by atoms with van der Waals surface area (Å²) < 4.78 is 11.1. The Bertz CT molecular complexity index is 425. The van der Waals surface area contributed by atoms with Crippen LogP contribution in [0.25, 0.3) is 0 Å². The minimum Gasteiger partial charge on any atom is -0.394 e. The third-order valence-electron chi connectivity index (χ3n) is 5.09. The van der Waals surface area contributed by atoms with Crippen molar-refractivity contribution in [3.8, 4) is 0 Å². The lowest BCUT2D eigenvalue weighted by Crippen LogP contribution is -2.35. The number of likely N-dealkylation sites (tertiary alicyclic amines) is 2. The van der Waals surface area contributed by atoms with Crippen LogP contribution in [-0.4, -0.2) is 79.0 Å². The van der Waals surface area contributed by atoms with Gasteiger partial charge in [0.25, 0.3) is 0 Å². The van der Waals surface area contributed by atoms with Crippen LogP contribution >= 0.6 is 0 Å². The highest BCUT2D eigenvalue weighted by atomic mass is 16.7. The minimum absolute atomic E-state index is 0.0390. The highest BCUT2D eigenvalue weighted by Gasteiger charge is 2.29. The number of carbonyl (C=O) groups excluding carboxylic acids is 2. The molecule has 1 N–H and O–H groups in total. The normalized spacial score (nSPS) is 30.5. The van der Waals surface area contributed by atoms with Crippen LogP contribution in [-0.2, 0) is 19.1 Å². The number of amides is 2. The van der Waals surface area contributed by atoms with Gasteiger partial charge in [0, 0.05) is 33.5 Å². The van der Waals surface area contributed by atoms with E-state index in [9.17, 15) is 9.59 Å². The number of ether oxygens (including phenoxy) is 2. The second-order valence-electron chi connectivity index (χ2n) is 6.71. The van der Waals surface area contributed by atoms with Crippen molar-refractivity contribution in [1.29, 1.82) is 0 Å². The minimum atomic E-state index is -0.0390. The van der Waals surface area contributed by atoms with Crippen molar-refractivity contribution in [1.82, 2.24) is 9.80 Å². The molecule has 3 saturated heterocycles. The molecule has 0 unspecified atom stereocenters. The van der Waals surface area contributed by atoms with E-state index in [1.165, 1.54) is 6.42 Å². The second kappa shape index (κ2) is 9.34. The predicted molar refractivity (Wildman–Crippen MR) is 88.2 cm³/mol. The van der Waals surface area contributed by atoms with Crippen LogP contribution in [0.15, 0.2) is 0 Å². The van der Waals surface area contributed by atoms with Gasteiger partial charge in [-0.25, -0.2) is 0 Å². The summed E-state index contributed by atoms with van der Waals surface area (Å²) in [6.07, 6.45) is 6.27. The van der Waals surface area contributed by atoms with Gasteiger partial charge in [0.1, 0.15) is 0 Å². The van der Waals surface area contributed by atoms with Gasteiger partial charge in [0.15, 0.2) is 6.29 Å². The summed E-state index contributed by atoms with van der Waals surface area (Å²) in [5.74, 6) is 0.377. The fourth-order valence-corrected chi connectivity index (χ4v) is 3.20. The van der Waals surface area contributed by atoms with Gasteiger partial charge in [-0.15, -0.1) is 0 Å². The number of aliphatic hydroxyl groups is 1. The van der Waals surface area contributed by atoms with E-state index in [1.807, 2.05) is 7.05 Å². The molecular formula is C17H30N2O5. The van der Waals surface area contributed by atoms with Crippen molar-refractivity contribution >= 4 is 11.8 Å². The van der Waals surface area contributed by atoms with Crippen molar-refractivity contribution in [2.75, 3.05) is 33.9 Å². The molecule has 138 valence electrons. The molecule has 3 rings (SSSR count). The molecule has 2 amide bonds. The SMILES string of the molecule is CN1C(=O)CC[C@H]1CO.CN1C(=O)CC[C@H]1CO[C@H]1CCCCO1. The number of aliphatic hydroxyl groups excluding tert-OH is 1. The molecule has 0 aromatic rings. The Kier molecular flexibility index (Phi) is 7.45. The third kappa shape index (κ3) is 5.16. The van der Waals surface area contributed by atoms with Crippen LogP contribution in [0.4, 0.5) is 0 Å². The van der Waals surface area contributed by atoms with Crippen molar-refractivity contribution in [3.63, 3.8) is 0 Å². The quantitative estimate of drug-likeness (QED) is 0.816. The van der Waals surface area contributed by atoms with Crippen LogP contribution < -0.4 is 0 Å². The van der Waals surface area contributed by atoms with Crippen molar-refractivity contribution in [2.45, 2.75) is 63.3 Å². The number of likely N-dealkylation sites (N-methyl/N-ethyl adjacent to an activating group) is 2. The Balaban J connectivity index is 0.000000198. The molecule has 7 nitrogen and oxygen atoms in total. The van der Waals surface area contributed by atoms with Crippen LogP contribution in [0.5, 0.6) is 0 Å². The monoisotopic (exact) mass is 342 g/mol. The van der Waals surface area contributed by atoms with Crippen LogP contribution in [0.1, 0.15) is 44.9 Å². The first-order valence-corrected chi connectivity index (χ1v) is 8.88. The van der Waals surface area contributed by atoms with Crippen molar-refractivity contribution < 1.29 is 24.2 Å². The van der Waals surface area contributed by atoms with Gasteiger partial charge in [-0.2, -0.15) is 0 Å². The molecule has 0 aromatic carbocycles. The Morgan fingerprint density at radius 3 is 2.08 bits per heavy atom. The number of rotatable bonds is 4. The summed E-state index contributed by atoms with van der Waals surface area (Å²) in [5, 5.41) is 8.66. The molecule has 3 aliphatic rings. The standard InChI is InChI=1S/C11H19NO3.C6H11NO2/c1-12-9(5-6-10(12)13)8-15-11-4-2-3-7-14-11;1-7-5(4-8)2-3-6(7)9/h9,11H,2-8H2,1H3;5,8H,2-4H2,1H3/t9-,11-;5-/m00/s1. The van der Waals surface area contributed by atoms with Crippen molar-refractivity contribution in [2.24, 2.45) is 0 Å². The zero-order chi connectivity index (χ0) is 17.5. The first-order chi connectivity index (χ1) is 11.5. The van der Waals surface area contributed by atoms with E-state index in [2.05, 4.69) is 0 Å². The van der Waals surface area contributed by atoms with Gasteiger partial charge in [0.05, 0.1) is 25.3 Å². The maximum Gasteiger partial charge on any atom is 0.222 e. The van der Waals surface area contributed by atoms with Crippen LogP contribution in [0.2, 0.25) is 0 Å². The van der Waals surface area contributed by atoms with E-state index >= 15 is 0 Å². The molecule has 0 radical (unpaired) electrons. The maximum atomic E-state index is 11.3. The summed E-state index contributed by atoms with van der Waals surface area (Å²) in [7, 11) is 3.58. The molecule has 3 heterocycles. The van der Waals surface area contributed by atoms with Gasteiger partial charge >= 0.3 is 0 Å². The first kappa shape index (κ1) is 19.1. The lowest BCUT2D eigenvalue weighted by Gasteiger charge is -2.26. The van der Waals surface area contributed by atoms with E-state index in [-0.39, 0.29) is 36.8 Å². The average molecular weight is 342 g/mol. The highest BCUT2D eigenvalue weighted by Crippen LogP contribution is 2.19. The van der Waals surface area contributed by atoms with Gasteiger partial charge in [-0.1, -0.05) is 0 Å². The fourth-order valence-electron chi connectivity index (χ4n) is 3.20. The highest BCUT2D eigenvalue weighted by molar-refractivity contribution is 5.78. The summed E-state index contributed by atoms with van der Waals surface area (Å²) in [5.41, 5.74) is 0. The zero-order valence-electron chi connectivity index (χ0n) is 14.8. The molecule has 0 aromatic heterocycles. The summed E-state index contributed by atoms with van der Waals surface area (Å²) in [6.45, 7) is 1.53. The number of hydrogen-bond acceptors (Lipinski definition) is 5. The van der Waals surface area contributed by atoms with Gasteiger partial charge in [-0.3, -0.25) is 9.59 Å². The maximum absolute atomic E-state index is 11.3. The lowest BCUT2D eigenvalue weighted by molar-refractivity contribution is -0.169. The van der Waals surface area contributed by atoms with Gasteiger partial charge in [-0.05, 0) is 32.1 Å². The molecule has 3 atom stereocenters. The van der Waals surface area contributed by atoms with E-state index in [4.69, 9.17) is 14.6 Å². The molecule has 0 aliphatic carbocycles. The molecule has 7 heteroatoms. The molecule has 3 aliphatic heterocycles. The third-order valence-corrected chi connectivity index (χ3v) is 5.09. The Morgan fingerprint density at radius 2 is 1.67 bits per heavy atom. The van der Waals surface area contributed by atoms with Gasteiger partial charge in [0.2, 0.25) is 11.8 Å². The van der Waals surface area contributed by atoms with E-state index < -0.39 is 0 Å². The predicted octanol–water partition coefficient (Wildman–Crippen LogP) is 0.750. The Labute approximate surface area is 143 Å². The summed E-state index contributed by atoms with van der Waals surface area (Å²) >= 11 is 0. The second-order valence-corrected chi connectivity index (χ2v) is 6.71. The van der Waals surface area contributed by atoms with Gasteiger partial charge < -0.3 is 24.4 Å². The van der Waals surface area contributed by atoms with E-state index in [0.29, 0.717) is 19.4 Å². The number of carbonyl (C=O) groups is 2. The first-order valence-electron chi connectivity index (χ1n) is 8.88. The lowest BCUT2D eigenvalue weighted by atomic mass is 10.2. The Morgan fingerprint density at radius 1 is 1.04 bits per heavy atom. The Hall–Kier alpha value is -1.18. The molecular weight excluding hydrogens is 312 g/mol. The van der Waals surface area contributed by atoms with Crippen LogP contribution in [0, 0.1) is 0 Å². The molecule has 0 spiro atoms. The molecule has 0 bridgehead atoms. The largest absolute Gasteiger partial charge is 0.394 e. The molecule has 3 fully saturated rings. The van der Waals surface area contributed by atoms with Crippen LogP contribution in [0.3, 0.4) is 0 Å². The van der Waals surface area contributed by atoms with E-state index in [0.717, 1.165) is 32.3 Å².